The van der Waals surface area contributed by atoms with Gasteiger partial charge < -0.3 is 11.5 Å². The Kier molecular flexibility index (Phi) is 6.57. The summed E-state index contributed by atoms with van der Waals surface area (Å²) in [5.41, 5.74) is 11.7. The minimum absolute atomic E-state index is 0.309. The van der Waals surface area contributed by atoms with Gasteiger partial charge in [-0.2, -0.15) is 0 Å². The van der Waals surface area contributed by atoms with Gasteiger partial charge in [-0.25, -0.2) is 0 Å². The Morgan fingerprint density at radius 1 is 0.889 bits per heavy atom. The quantitative estimate of drug-likeness (QED) is 0.740. The Bertz CT molecular complexity index is 206. The van der Waals surface area contributed by atoms with E-state index < -0.39 is 0 Å². The first-order valence-corrected chi connectivity index (χ1v) is 7.39. The summed E-state index contributed by atoms with van der Waals surface area (Å²) in [5.74, 6) is 0. The van der Waals surface area contributed by atoms with Crippen LogP contribution in [0, 0.1) is 0 Å². The molecule has 0 aliphatic carbocycles. The topological polar surface area (TPSA) is 58.5 Å². The fraction of sp³-hybridized carbons (Fsp3) is 1.00. The van der Waals surface area contributed by atoms with Gasteiger partial charge in [-0.1, -0.05) is 0 Å². The van der Waals surface area contributed by atoms with E-state index in [4.69, 9.17) is 11.5 Å². The molecule has 1 saturated heterocycles. The Balaban J connectivity index is 2.38. The van der Waals surface area contributed by atoms with Crippen LogP contribution in [0.4, 0.5) is 0 Å². The standard InChI is InChI=1S/C14H32N4/c1-11(15)5-7-17-9-14(4)18(10-13(17)3)8-6-12(2)16/h11-14H,5-10,15-16H2,1-4H3. The highest BCUT2D eigenvalue weighted by Gasteiger charge is 2.28. The van der Waals surface area contributed by atoms with Crippen molar-refractivity contribution in [1.29, 1.82) is 0 Å². The lowest BCUT2D eigenvalue weighted by atomic mass is 10.1. The van der Waals surface area contributed by atoms with E-state index in [0.717, 1.165) is 39.0 Å². The summed E-state index contributed by atoms with van der Waals surface area (Å²) in [6.07, 6.45) is 2.19. The zero-order chi connectivity index (χ0) is 13.7. The molecular weight excluding hydrogens is 224 g/mol. The highest BCUT2D eigenvalue weighted by atomic mass is 15.3. The van der Waals surface area contributed by atoms with Gasteiger partial charge >= 0.3 is 0 Å². The van der Waals surface area contributed by atoms with Gasteiger partial charge in [0, 0.05) is 37.3 Å². The third kappa shape index (κ3) is 5.22. The number of rotatable bonds is 6. The van der Waals surface area contributed by atoms with E-state index >= 15 is 0 Å². The fourth-order valence-electron chi connectivity index (χ4n) is 2.63. The Morgan fingerprint density at radius 3 is 1.50 bits per heavy atom. The van der Waals surface area contributed by atoms with Gasteiger partial charge in [-0.3, -0.25) is 9.80 Å². The molecule has 4 atom stereocenters. The summed E-state index contributed by atoms with van der Waals surface area (Å²) >= 11 is 0. The van der Waals surface area contributed by atoms with Gasteiger partial charge in [-0.05, 0) is 53.6 Å². The van der Waals surface area contributed by atoms with Crippen LogP contribution in [0.15, 0.2) is 0 Å². The number of nitrogens with two attached hydrogens (primary N) is 2. The minimum atomic E-state index is 0.309. The van der Waals surface area contributed by atoms with E-state index in [0.29, 0.717) is 24.2 Å². The zero-order valence-electron chi connectivity index (χ0n) is 12.6. The van der Waals surface area contributed by atoms with E-state index in [-0.39, 0.29) is 0 Å². The summed E-state index contributed by atoms with van der Waals surface area (Å²) in [6.45, 7) is 13.4. The van der Waals surface area contributed by atoms with Crippen molar-refractivity contribution in [1.82, 2.24) is 9.80 Å². The van der Waals surface area contributed by atoms with Crippen molar-refractivity contribution in [2.75, 3.05) is 26.2 Å². The predicted molar refractivity (Wildman–Crippen MR) is 78.6 cm³/mol. The number of piperazine rings is 1. The summed E-state index contributed by atoms with van der Waals surface area (Å²) in [5, 5.41) is 0. The monoisotopic (exact) mass is 256 g/mol. The SMILES string of the molecule is CC(N)CCN1CC(C)N(CCC(C)N)CC1C. The highest BCUT2D eigenvalue weighted by molar-refractivity contribution is 4.85. The van der Waals surface area contributed by atoms with Gasteiger partial charge in [0.2, 0.25) is 0 Å². The van der Waals surface area contributed by atoms with Crippen molar-refractivity contribution >= 4 is 0 Å². The number of hydrogen-bond donors (Lipinski definition) is 2. The molecule has 1 fully saturated rings. The molecule has 0 aromatic rings. The van der Waals surface area contributed by atoms with Crippen LogP contribution in [0.1, 0.15) is 40.5 Å². The summed E-state index contributed by atoms with van der Waals surface area (Å²) < 4.78 is 0. The van der Waals surface area contributed by atoms with Crippen LogP contribution in [-0.2, 0) is 0 Å². The molecule has 0 bridgehead atoms. The molecule has 0 aromatic carbocycles. The van der Waals surface area contributed by atoms with Crippen LogP contribution in [0.3, 0.4) is 0 Å². The Hall–Kier alpha value is -0.160. The van der Waals surface area contributed by atoms with Gasteiger partial charge in [0.15, 0.2) is 0 Å². The molecule has 1 heterocycles. The maximum Gasteiger partial charge on any atom is 0.0195 e. The van der Waals surface area contributed by atoms with E-state index in [1.807, 2.05) is 0 Å². The highest BCUT2D eigenvalue weighted by Crippen LogP contribution is 2.16. The lowest BCUT2D eigenvalue weighted by Crippen LogP contribution is -2.57. The second kappa shape index (κ2) is 7.43. The van der Waals surface area contributed by atoms with Crippen molar-refractivity contribution in [2.24, 2.45) is 11.5 Å². The van der Waals surface area contributed by atoms with Crippen LogP contribution in [0.5, 0.6) is 0 Å². The number of nitrogens with zero attached hydrogens (tertiary/aromatic N) is 2. The van der Waals surface area contributed by atoms with Crippen LogP contribution >= 0.6 is 0 Å². The molecule has 0 spiro atoms. The molecule has 4 unspecified atom stereocenters. The van der Waals surface area contributed by atoms with Crippen molar-refractivity contribution in [3.63, 3.8) is 0 Å². The maximum atomic E-state index is 5.85. The van der Waals surface area contributed by atoms with E-state index in [9.17, 15) is 0 Å². The third-order valence-electron chi connectivity index (χ3n) is 3.99. The largest absolute Gasteiger partial charge is 0.328 e. The second-order valence-electron chi connectivity index (χ2n) is 6.22. The normalized spacial score (nSPS) is 30.3. The molecule has 4 N–H and O–H groups in total. The molecule has 0 amide bonds. The smallest absolute Gasteiger partial charge is 0.0195 e. The number of hydrogen-bond acceptors (Lipinski definition) is 4. The van der Waals surface area contributed by atoms with Crippen LogP contribution in [0.25, 0.3) is 0 Å². The summed E-state index contributed by atoms with van der Waals surface area (Å²) in [6, 6.07) is 1.88. The van der Waals surface area contributed by atoms with Gasteiger partial charge in [-0.15, -0.1) is 0 Å². The molecular formula is C14H32N4. The molecule has 0 aromatic heterocycles. The fourth-order valence-corrected chi connectivity index (χ4v) is 2.63. The van der Waals surface area contributed by atoms with Crippen LogP contribution in [0.2, 0.25) is 0 Å². The molecule has 1 aliphatic rings. The molecule has 1 aliphatic heterocycles. The van der Waals surface area contributed by atoms with Crippen molar-refractivity contribution < 1.29 is 0 Å². The average Bonchev–Trinajstić information content (AvgIpc) is 2.27. The third-order valence-corrected chi connectivity index (χ3v) is 3.99. The molecule has 1 rings (SSSR count). The molecule has 0 saturated carbocycles. The van der Waals surface area contributed by atoms with Gasteiger partial charge in [0.05, 0.1) is 0 Å². The first-order valence-electron chi connectivity index (χ1n) is 7.39. The van der Waals surface area contributed by atoms with Gasteiger partial charge in [0.25, 0.3) is 0 Å². The Labute approximate surface area is 113 Å². The molecule has 18 heavy (non-hydrogen) atoms. The van der Waals surface area contributed by atoms with E-state index in [1.165, 1.54) is 0 Å². The average molecular weight is 256 g/mol. The summed E-state index contributed by atoms with van der Waals surface area (Å²) in [7, 11) is 0. The predicted octanol–water partition coefficient (Wildman–Crippen LogP) is 0.856. The van der Waals surface area contributed by atoms with Crippen LogP contribution in [-0.4, -0.2) is 60.1 Å². The summed E-state index contributed by atoms with van der Waals surface area (Å²) in [4.78, 5) is 5.16. The van der Waals surface area contributed by atoms with E-state index in [2.05, 4.69) is 37.5 Å². The van der Waals surface area contributed by atoms with Crippen LogP contribution < -0.4 is 11.5 Å². The van der Waals surface area contributed by atoms with Crippen molar-refractivity contribution in [2.45, 2.75) is 64.7 Å². The van der Waals surface area contributed by atoms with Gasteiger partial charge in [0.1, 0.15) is 0 Å². The second-order valence-corrected chi connectivity index (χ2v) is 6.22. The van der Waals surface area contributed by atoms with E-state index in [1.54, 1.807) is 0 Å². The molecule has 4 heteroatoms. The molecule has 0 radical (unpaired) electrons. The maximum absolute atomic E-state index is 5.85. The lowest BCUT2D eigenvalue weighted by molar-refractivity contribution is 0.0399. The first kappa shape index (κ1) is 15.9. The first-order chi connectivity index (χ1) is 8.40. The molecule has 4 nitrogen and oxygen atoms in total. The lowest BCUT2D eigenvalue weighted by Gasteiger charge is -2.44. The Morgan fingerprint density at radius 2 is 1.22 bits per heavy atom. The van der Waals surface area contributed by atoms with Crippen molar-refractivity contribution in [3.05, 3.63) is 0 Å². The molecule has 108 valence electrons. The zero-order valence-corrected chi connectivity index (χ0v) is 12.6. The van der Waals surface area contributed by atoms with Crippen molar-refractivity contribution in [3.8, 4) is 0 Å². The minimum Gasteiger partial charge on any atom is -0.328 e.